The fraction of sp³-hybridized carbons (Fsp3) is 0.417. The highest BCUT2D eigenvalue weighted by Gasteiger charge is 2.27. The van der Waals surface area contributed by atoms with Crippen molar-refractivity contribution < 1.29 is 23.9 Å². The molecule has 0 saturated heterocycles. The fourth-order valence-corrected chi connectivity index (χ4v) is 5.17. The van der Waals surface area contributed by atoms with Gasteiger partial charge in [0.05, 0.1) is 25.2 Å². The van der Waals surface area contributed by atoms with Crippen molar-refractivity contribution in [1.29, 1.82) is 0 Å². The van der Waals surface area contributed by atoms with Crippen molar-refractivity contribution in [3.05, 3.63) is 51.9 Å². The van der Waals surface area contributed by atoms with E-state index in [-0.39, 0.29) is 37.1 Å². The number of thiocarbonyl (C=S) groups is 1. The molecule has 1 aromatic carbocycles. The van der Waals surface area contributed by atoms with Crippen LogP contribution < -0.4 is 10.6 Å². The minimum absolute atomic E-state index is 0.0371. The number of ether oxygens (including phenoxy) is 2. The number of benzene rings is 1. The molecule has 1 heterocycles. The zero-order valence-corrected chi connectivity index (χ0v) is 20.2. The van der Waals surface area contributed by atoms with Crippen LogP contribution in [0.3, 0.4) is 0 Å². The van der Waals surface area contributed by atoms with Crippen LogP contribution in [0.1, 0.15) is 59.0 Å². The van der Waals surface area contributed by atoms with E-state index in [0.29, 0.717) is 17.0 Å². The molecule has 1 aromatic heterocycles. The summed E-state index contributed by atoms with van der Waals surface area (Å²) in [6.07, 6.45) is 4.39. The van der Waals surface area contributed by atoms with Gasteiger partial charge >= 0.3 is 11.9 Å². The number of rotatable bonds is 9. The number of esters is 2. The SMILES string of the molecule is CCOC(=O)c1c(NC(=S)NC(=O)CCC(=O)OCCc2ccccc2)sc2c1CCCC2. The second-order valence-corrected chi connectivity index (χ2v) is 9.11. The van der Waals surface area contributed by atoms with Gasteiger partial charge in [-0.25, -0.2) is 4.79 Å². The molecule has 0 aliphatic heterocycles. The molecule has 0 bridgehead atoms. The molecule has 2 aromatic rings. The monoisotopic (exact) mass is 488 g/mol. The molecule has 3 rings (SSSR count). The second-order valence-electron chi connectivity index (χ2n) is 7.59. The summed E-state index contributed by atoms with van der Waals surface area (Å²) in [5.74, 6) is -1.21. The molecule has 1 aliphatic rings. The highest BCUT2D eigenvalue weighted by atomic mass is 32.1. The number of aryl methyl sites for hydroxylation is 1. The van der Waals surface area contributed by atoms with E-state index in [1.54, 1.807) is 6.92 Å². The van der Waals surface area contributed by atoms with Crippen LogP contribution in [-0.2, 0) is 38.3 Å². The molecule has 33 heavy (non-hydrogen) atoms. The normalized spacial score (nSPS) is 12.4. The highest BCUT2D eigenvalue weighted by molar-refractivity contribution is 7.80. The predicted molar refractivity (Wildman–Crippen MR) is 132 cm³/mol. The van der Waals surface area contributed by atoms with Gasteiger partial charge < -0.3 is 20.1 Å². The van der Waals surface area contributed by atoms with Gasteiger partial charge in [0.25, 0.3) is 0 Å². The molecule has 2 N–H and O–H groups in total. The number of amides is 1. The third-order valence-corrected chi connectivity index (χ3v) is 6.60. The molecule has 7 nitrogen and oxygen atoms in total. The molecule has 1 aliphatic carbocycles. The first kappa shape index (κ1) is 24.9. The van der Waals surface area contributed by atoms with E-state index in [0.717, 1.165) is 41.7 Å². The Morgan fingerprint density at radius 1 is 1.06 bits per heavy atom. The smallest absolute Gasteiger partial charge is 0.341 e. The number of carbonyl (C=O) groups excluding carboxylic acids is 3. The van der Waals surface area contributed by atoms with Crippen LogP contribution >= 0.6 is 23.6 Å². The number of carbonyl (C=O) groups is 3. The third kappa shape index (κ3) is 7.36. The summed E-state index contributed by atoms with van der Waals surface area (Å²) in [5, 5.41) is 6.23. The Bertz CT molecular complexity index is 1000. The van der Waals surface area contributed by atoms with Crippen LogP contribution in [0.15, 0.2) is 30.3 Å². The Kier molecular flexibility index (Phi) is 9.38. The van der Waals surface area contributed by atoms with Crippen LogP contribution in [-0.4, -0.2) is 36.2 Å². The number of nitrogens with one attached hydrogen (secondary N) is 2. The maximum atomic E-state index is 12.5. The molecule has 0 saturated carbocycles. The van der Waals surface area contributed by atoms with Gasteiger partial charge in [0.2, 0.25) is 5.91 Å². The quantitative estimate of drug-likeness (QED) is 0.404. The molecule has 1 amide bonds. The largest absolute Gasteiger partial charge is 0.465 e. The number of hydrogen-bond acceptors (Lipinski definition) is 7. The summed E-state index contributed by atoms with van der Waals surface area (Å²) >= 11 is 6.74. The zero-order chi connectivity index (χ0) is 23.6. The van der Waals surface area contributed by atoms with Crippen molar-refractivity contribution in [3.63, 3.8) is 0 Å². The van der Waals surface area contributed by atoms with E-state index in [9.17, 15) is 14.4 Å². The summed E-state index contributed by atoms with van der Waals surface area (Å²) in [6.45, 7) is 2.32. The first-order valence-electron chi connectivity index (χ1n) is 11.1. The topological polar surface area (TPSA) is 93.7 Å². The molecule has 0 spiro atoms. The molecule has 0 atom stereocenters. The first-order chi connectivity index (χ1) is 16.0. The number of anilines is 1. The van der Waals surface area contributed by atoms with Crippen molar-refractivity contribution in [1.82, 2.24) is 5.32 Å². The molecule has 0 radical (unpaired) electrons. The molecular formula is C24H28N2O5S2. The van der Waals surface area contributed by atoms with Gasteiger partial charge in [-0.05, 0) is 56.0 Å². The molecule has 176 valence electrons. The molecule has 0 fully saturated rings. The predicted octanol–water partition coefficient (Wildman–Crippen LogP) is 4.18. The Hall–Kier alpha value is -2.78. The van der Waals surface area contributed by atoms with Crippen LogP contribution in [0.25, 0.3) is 0 Å². The average Bonchev–Trinajstić information content (AvgIpc) is 3.16. The summed E-state index contributed by atoms with van der Waals surface area (Å²) in [6, 6.07) is 9.72. The van der Waals surface area contributed by atoms with Gasteiger partial charge in [-0.15, -0.1) is 11.3 Å². The number of thiophene rings is 1. The van der Waals surface area contributed by atoms with Gasteiger partial charge in [-0.2, -0.15) is 0 Å². The van der Waals surface area contributed by atoms with E-state index >= 15 is 0 Å². The lowest BCUT2D eigenvalue weighted by molar-refractivity contribution is -0.144. The Morgan fingerprint density at radius 3 is 2.58 bits per heavy atom. The van der Waals surface area contributed by atoms with Gasteiger partial charge in [0.15, 0.2) is 5.11 Å². The Balaban J connectivity index is 1.46. The lowest BCUT2D eigenvalue weighted by atomic mass is 9.95. The van der Waals surface area contributed by atoms with Crippen molar-refractivity contribution in [2.75, 3.05) is 18.5 Å². The van der Waals surface area contributed by atoms with Gasteiger partial charge in [-0.3, -0.25) is 9.59 Å². The Morgan fingerprint density at radius 2 is 1.82 bits per heavy atom. The summed E-state index contributed by atoms with van der Waals surface area (Å²) in [4.78, 5) is 37.8. The molecular weight excluding hydrogens is 460 g/mol. The highest BCUT2D eigenvalue weighted by Crippen LogP contribution is 2.38. The lowest BCUT2D eigenvalue weighted by Crippen LogP contribution is -2.34. The lowest BCUT2D eigenvalue weighted by Gasteiger charge is -2.13. The number of fused-ring (bicyclic) bond motifs is 1. The van der Waals surface area contributed by atoms with Crippen LogP contribution in [0, 0.1) is 0 Å². The minimum atomic E-state index is -0.435. The van der Waals surface area contributed by atoms with Crippen molar-refractivity contribution in [2.24, 2.45) is 0 Å². The van der Waals surface area contributed by atoms with E-state index in [2.05, 4.69) is 10.6 Å². The standard InChI is InChI=1S/C24H28N2O5S2/c1-2-30-23(29)21-17-10-6-7-11-18(17)33-22(21)26-24(32)25-19(27)12-13-20(28)31-15-14-16-8-4-3-5-9-16/h3-5,8-9H,2,6-7,10-15H2,1H3,(H2,25,26,27,32). The number of hydrogen-bond donors (Lipinski definition) is 2. The zero-order valence-electron chi connectivity index (χ0n) is 18.6. The van der Waals surface area contributed by atoms with E-state index in [4.69, 9.17) is 21.7 Å². The maximum absolute atomic E-state index is 12.5. The van der Waals surface area contributed by atoms with Crippen molar-refractivity contribution >= 4 is 51.5 Å². The van der Waals surface area contributed by atoms with Gasteiger partial charge in [0, 0.05) is 17.7 Å². The Labute approximate surface area is 202 Å². The van der Waals surface area contributed by atoms with Crippen molar-refractivity contribution in [2.45, 2.75) is 51.9 Å². The molecule has 9 heteroatoms. The van der Waals surface area contributed by atoms with E-state index < -0.39 is 11.9 Å². The van der Waals surface area contributed by atoms with Crippen LogP contribution in [0.5, 0.6) is 0 Å². The van der Waals surface area contributed by atoms with E-state index in [1.165, 1.54) is 11.3 Å². The average molecular weight is 489 g/mol. The summed E-state index contributed by atoms with van der Waals surface area (Å²) in [7, 11) is 0. The third-order valence-electron chi connectivity index (χ3n) is 5.18. The van der Waals surface area contributed by atoms with Crippen LogP contribution in [0.2, 0.25) is 0 Å². The van der Waals surface area contributed by atoms with Gasteiger partial charge in [0.1, 0.15) is 5.00 Å². The molecule has 0 unspecified atom stereocenters. The minimum Gasteiger partial charge on any atom is -0.465 e. The van der Waals surface area contributed by atoms with E-state index in [1.807, 2.05) is 30.3 Å². The first-order valence-corrected chi connectivity index (χ1v) is 12.3. The second kappa shape index (κ2) is 12.5. The van der Waals surface area contributed by atoms with Crippen LogP contribution in [0.4, 0.5) is 5.00 Å². The summed E-state index contributed by atoms with van der Waals surface area (Å²) < 4.78 is 10.4. The fourth-order valence-electron chi connectivity index (χ4n) is 3.61. The maximum Gasteiger partial charge on any atom is 0.341 e. The summed E-state index contributed by atoms with van der Waals surface area (Å²) in [5.41, 5.74) is 2.60. The van der Waals surface area contributed by atoms with Crippen molar-refractivity contribution in [3.8, 4) is 0 Å². The van der Waals surface area contributed by atoms with Gasteiger partial charge in [-0.1, -0.05) is 30.3 Å².